The number of carbonyl (C=O) groups is 2. The Hall–Kier alpha value is -1.75. The molecule has 1 saturated heterocycles. The van der Waals surface area contributed by atoms with Gasteiger partial charge in [-0.3, -0.25) is 4.79 Å². The van der Waals surface area contributed by atoms with E-state index in [1.807, 2.05) is 31.7 Å². The van der Waals surface area contributed by atoms with Crippen LogP contribution in [0.5, 0.6) is 0 Å². The Morgan fingerprint density at radius 2 is 1.93 bits per heavy atom. The molecule has 1 spiro atoms. The van der Waals surface area contributed by atoms with Crippen LogP contribution in [0.15, 0.2) is 12.1 Å². The number of halogens is 1. The fourth-order valence-corrected chi connectivity index (χ4v) is 5.04. The molecule has 1 aliphatic carbocycles. The maximum atomic E-state index is 12.9. The molecule has 152 valence electrons. The summed E-state index contributed by atoms with van der Waals surface area (Å²) < 4.78 is 5.68. The average molecular weight is 405 g/mol. The standard InChI is InChI=1S/C22H29ClN2O3/c1-13-6-7-17(25(12-13)20(27)28-21(2,3)4)14-10-15-18(16(23)11-14)24(5)19(26)22(15)8-9-22/h10-11,13,17H,6-9,12H2,1-5H3/t13-,17?/m0/s1. The van der Waals surface area contributed by atoms with Gasteiger partial charge in [0.1, 0.15) is 5.60 Å². The number of ether oxygens (including phenoxy) is 1. The van der Waals surface area contributed by atoms with Crippen LogP contribution in [0.2, 0.25) is 5.02 Å². The van der Waals surface area contributed by atoms with Gasteiger partial charge in [0.15, 0.2) is 0 Å². The van der Waals surface area contributed by atoms with Gasteiger partial charge in [0, 0.05) is 13.6 Å². The first-order valence-electron chi connectivity index (χ1n) is 10.2. The Bertz CT molecular complexity index is 841. The van der Waals surface area contributed by atoms with Crippen molar-refractivity contribution >= 4 is 29.3 Å². The molecule has 1 aromatic rings. The average Bonchev–Trinajstić information content (AvgIpc) is 3.36. The van der Waals surface area contributed by atoms with E-state index in [4.69, 9.17) is 16.3 Å². The van der Waals surface area contributed by atoms with Gasteiger partial charge in [-0.25, -0.2) is 4.79 Å². The minimum absolute atomic E-state index is 0.0781. The number of likely N-dealkylation sites (tertiary alicyclic amines) is 1. The predicted molar refractivity (Wildman–Crippen MR) is 110 cm³/mol. The molecular formula is C22H29ClN2O3. The van der Waals surface area contributed by atoms with Gasteiger partial charge in [0.05, 0.1) is 22.2 Å². The van der Waals surface area contributed by atoms with Gasteiger partial charge in [-0.15, -0.1) is 0 Å². The van der Waals surface area contributed by atoms with Crippen LogP contribution in [0.4, 0.5) is 10.5 Å². The van der Waals surface area contributed by atoms with Gasteiger partial charge >= 0.3 is 6.09 Å². The fourth-order valence-electron chi connectivity index (χ4n) is 4.69. The van der Waals surface area contributed by atoms with E-state index in [0.29, 0.717) is 17.5 Å². The van der Waals surface area contributed by atoms with Crippen LogP contribution in [0.1, 0.15) is 70.5 Å². The molecule has 2 atom stereocenters. The van der Waals surface area contributed by atoms with Crippen LogP contribution < -0.4 is 4.90 Å². The number of rotatable bonds is 1. The molecule has 2 amide bonds. The Kier molecular flexibility index (Phi) is 4.46. The number of hydrogen-bond donors (Lipinski definition) is 0. The van der Waals surface area contributed by atoms with Crippen molar-refractivity contribution in [2.24, 2.45) is 5.92 Å². The number of likely N-dealkylation sites (N-methyl/N-ethyl adjacent to an activating group) is 1. The van der Waals surface area contributed by atoms with E-state index in [-0.39, 0.29) is 23.5 Å². The number of fused-ring (bicyclic) bond motifs is 2. The van der Waals surface area contributed by atoms with Crippen molar-refractivity contribution in [3.63, 3.8) is 0 Å². The third-order valence-corrected chi connectivity index (χ3v) is 6.52. The number of carbonyl (C=O) groups excluding carboxylic acids is 2. The smallest absolute Gasteiger partial charge is 0.410 e. The minimum Gasteiger partial charge on any atom is -0.444 e. The molecule has 0 aromatic heterocycles. The molecule has 2 heterocycles. The summed E-state index contributed by atoms with van der Waals surface area (Å²) in [5, 5.41) is 0.592. The minimum atomic E-state index is -0.537. The number of benzene rings is 1. The van der Waals surface area contributed by atoms with Crippen LogP contribution in [0, 0.1) is 5.92 Å². The summed E-state index contributed by atoms with van der Waals surface area (Å²) >= 11 is 6.64. The van der Waals surface area contributed by atoms with Crippen LogP contribution in [0.3, 0.4) is 0 Å². The third-order valence-electron chi connectivity index (χ3n) is 6.23. The Morgan fingerprint density at radius 3 is 2.54 bits per heavy atom. The second-order valence-electron chi connectivity index (χ2n) is 9.68. The van der Waals surface area contributed by atoms with Crippen molar-refractivity contribution in [2.45, 2.75) is 70.4 Å². The van der Waals surface area contributed by atoms with Crippen LogP contribution in [0.25, 0.3) is 0 Å². The first-order valence-corrected chi connectivity index (χ1v) is 10.5. The topological polar surface area (TPSA) is 49.9 Å². The van der Waals surface area contributed by atoms with Crippen molar-refractivity contribution < 1.29 is 14.3 Å². The first-order chi connectivity index (χ1) is 13.0. The molecule has 0 N–H and O–H groups in total. The molecule has 0 radical (unpaired) electrons. The summed E-state index contributed by atoms with van der Waals surface area (Å²) in [6.45, 7) is 8.49. The molecule has 6 heteroatoms. The van der Waals surface area contributed by atoms with E-state index in [9.17, 15) is 9.59 Å². The number of nitrogens with zero attached hydrogens (tertiary/aromatic N) is 2. The second kappa shape index (κ2) is 6.38. The molecule has 5 nitrogen and oxygen atoms in total. The second-order valence-corrected chi connectivity index (χ2v) is 10.1. The Labute approximate surface area is 172 Å². The summed E-state index contributed by atoms with van der Waals surface area (Å²) in [5.74, 6) is 0.568. The van der Waals surface area contributed by atoms with E-state index in [0.717, 1.165) is 42.5 Å². The zero-order valence-corrected chi connectivity index (χ0v) is 18.1. The summed E-state index contributed by atoms with van der Waals surface area (Å²) in [6.07, 6.45) is 3.38. The van der Waals surface area contributed by atoms with E-state index >= 15 is 0 Å². The molecule has 0 bridgehead atoms. The molecule has 4 rings (SSSR count). The van der Waals surface area contributed by atoms with E-state index in [2.05, 4.69) is 13.0 Å². The molecule has 3 aliphatic rings. The summed E-state index contributed by atoms with van der Waals surface area (Å²) in [5.41, 5.74) is 1.95. The van der Waals surface area contributed by atoms with Gasteiger partial charge in [-0.05, 0) is 69.6 Å². The highest BCUT2D eigenvalue weighted by Gasteiger charge is 2.59. The highest BCUT2D eigenvalue weighted by atomic mass is 35.5. The SMILES string of the molecule is C[C@H]1CCC(c2cc(Cl)c3c(c2)C2(CC2)C(=O)N3C)N(C(=O)OC(C)(C)C)C1. The lowest BCUT2D eigenvalue weighted by Gasteiger charge is -2.39. The van der Waals surface area contributed by atoms with Crippen LogP contribution in [-0.2, 0) is 14.9 Å². The lowest BCUT2D eigenvalue weighted by atomic mass is 9.87. The molecule has 2 fully saturated rings. The van der Waals surface area contributed by atoms with Crippen molar-refractivity contribution in [3.05, 3.63) is 28.3 Å². The quantitative estimate of drug-likeness (QED) is 0.657. The van der Waals surface area contributed by atoms with Gasteiger partial charge in [0.2, 0.25) is 5.91 Å². The predicted octanol–water partition coefficient (Wildman–Crippen LogP) is 5.06. The molecule has 28 heavy (non-hydrogen) atoms. The number of anilines is 1. The normalized spacial score (nSPS) is 25.9. The number of piperidine rings is 1. The molecule has 2 aliphatic heterocycles. The molecular weight excluding hydrogens is 376 g/mol. The van der Waals surface area contributed by atoms with E-state index < -0.39 is 5.60 Å². The molecule has 1 saturated carbocycles. The largest absolute Gasteiger partial charge is 0.444 e. The van der Waals surface area contributed by atoms with Crippen molar-refractivity contribution in [3.8, 4) is 0 Å². The van der Waals surface area contributed by atoms with E-state index in [1.54, 1.807) is 11.9 Å². The Morgan fingerprint density at radius 1 is 1.25 bits per heavy atom. The van der Waals surface area contributed by atoms with Gasteiger partial charge < -0.3 is 14.5 Å². The fraction of sp³-hybridized carbons (Fsp3) is 0.636. The lowest BCUT2D eigenvalue weighted by molar-refractivity contribution is -0.119. The zero-order valence-electron chi connectivity index (χ0n) is 17.3. The summed E-state index contributed by atoms with van der Waals surface area (Å²) in [7, 11) is 1.80. The van der Waals surface area contributed by atoms with E-state index in [1.165, 1.54) is 0 Å². The maximum absolute atomic E-state index is 12.9. The maximum Gasteiger partial charge on any atom is 0.410 e. The number of hydrogen-bond acceptors (Lipinski definition) is 3. The van der Waals surface area contributed by atoms with Crippen molar-refractivity contribution in [1.29, 1.82) is 0 Å². The number of amides is 2. The van der Waals surface area contributed by atoms with Gasteiger partial charge in [0.25, 0.3) is 0 Å². The summed E-state index contributed by atoms with van der Waals surface area (Å²) in [6, 6.07) is 3.97. The first kappa shape index (κ1) is 19.6. The Balaban J connectivity index is 1.72. The highest BCUT2D eigenvalue weighted by molar-refractivity contribution is 6.35. The molecule has 1 aromatic carbocycles. The molecule has 1 unspecified atom stereocenters. The zero-order chi connectivity index (χ0) is 20.4. The highest BCUT2D eigenvalue weighted by Crippen LogP contribution is 2.59. The summed E-state index contributed by atoms with van der Waals surface area (Å²) in [4.78, 5) is 29.2. The third kappa shape index (κ3) is 3.08. The monoisotopic (exact) mass is 404 g/mol. The van der Waals surface area contributed by atoms with Gasteiger partial charge in [-0.1, -0.05) is 24.6 Å². The van der Waals surface area contributed by atoms with Crippen molar-refractivity contribution in [2.75, 3.05) is 18.5 Å². The van der Waals surface area contributed by atoms with Crippen molar-refractivity contribution in [1.82, 2.24) is 4.90 Å². The van der Waals surface area contributed by atoms with Crippen LogP contribution in [-0.4, -0.2) is 36.1 Å². The lowest BCUT2D eigenvalue weighted by Crippen LogP contribution is -2.44. The van der Waals surface area contributed by atoms with Crippen LogP contribution >= 0.6 is 11.6 Å². The van der Waals surface area contributed by atoms with Gasteiger partial charge in [-0.2, -0.15) is 0 Å².